The van der Waals surface area contributed by atoms with Gasteiger partial charge in [0.25, 0.3) is 0 Å². The molecule has 0 radical (unpaired) electrons. The molecule has 0 aliphatic carbocycles. The molecule has 1 N–H and O–H groups in total. The van der Waals surface area contributed by atoms with Crippen LogP contribution in [0, 0.1) is 5.82 Å². The van der Waals surface area contributed by atoms with Gasteiger partial charge in [0.1, 0.15) is 16.6 Å². The van der Waals surface area contributed by atoms with Crippen LogP contribution in [-0.4, -0.2) is 25.7 Å². The smallest absolute Gasteiger partial charge is 0.244 e. The van der Waals surface area contributed by atoms with E-state index >= 15 is 0 Å². The van der Waals surface area contributed by atoms with Crippen molar-refractivity contribution in [2.75, 3.05) is 0 Å². The van der Waals surface area contributed by atoms with Crippen molar-refractivity contribution < 1.29 is 9.18 Å². The lowest BCUT2D eigenvalue weighted by atomic mass is 10.2. The second-order valence-electron chi connectivity index (χ2n) is 6.63. The van der Waals surface area contributed by atoms with Gasteiger partial charge in [0.05, 0.1) is 12.2 Å². The SMILES string of the molecule is O=C(/C=C/c1csc(-c2ccc(F)cc2)n1)NCc1nnc2n1CCCCC2. The van der Waals surface area contributed by atoms with E-state index < -0.39 is 0 Å². The molecule has 4 rings (SSSR count). The number of hydrogen-bond donors (Lipinski definition) is 1. The fourth-order valence-corrected chi connectivity index (χ4v) is 3.94. The minimum atomic E-state index is -0.276. The van der Waals surface area contributed by atoms with Gasteiger partial charge in [-0.2, -0.15) is 0 Å². The number of amides is 1. The second-order valence-corrected chi connectivity index (χ2v) is 7.49. The monoisotopic (exact) mass is 397 g/mol. The summed E-state index contributed by atoms with van der Waals surface area (Å²) in [6, 6.07) is 6.20. The van der Waals surface area contributed by atoms with Gasteiger partial charge < -0.3 is 9.88 Å². The summed E-state index contributed by atoms with van der Waals surface area (Å²) in [6.45, 7) is 1.27. The van der Waals surface area contributed by atoms with Crippen LogP contribution in [0.2, 0.25) is 0 Å². The summed E-state index contributed by atoms with van der Waals surface area (Å²) in [5, 5.41) is 13.9. The Balaban J connectivity index is 1.35. The van der Waals surface area contributed by atoms with Crippen LogP contribution < -0.4 is 5.32 Å². The molecule has 8 heteroatoms. The Kier molecular flexibility index (Phi) is 5.57. The van der Waals surface area contributed by atoms with Crippen molar-refractivity contribution in [3.8, 4) is 10.6 Å². The van der Waals surface area contributed by atoms with Crippen molar-refractivity contribution in [3.05, 3.63) is 58.9 Å². The predicted octanol–water partition coefficient (Wildman–Crippen LogP) is 3.60. The number of halogens is 1. The van der Waals surface area contributed by atoms with Crippen LogP contribution >= 0.6 is 11.3 Å². The molecular formula is C20H20FN5OS. The predicted molar refractivity (Wildman–Crippen MR) is 106 cm³/mol. The first-order valence-electron chi connectivity index (χ1n) is 9.27. The van der Waals surface area contributed by atoms with Crippen LogP contribution in [0.5, 0.6) is 0 Å². The third kappa shape index (κ3) is 4.33. The van der Waals surface area contributed by atoms with Crippen molar-refractivity contribution in [1.29, 1.82) is 0 Å². The van der Waals surface area contributed by atoms with E-state index in [0.717, 1.165) is 48.0 Å². The van der Waals surface area contributed by atoms with Gasteiger partial charge in [0.15, 0.2) is 5.82 Å². The average Bonchev–Trinajstić information content (AvgIpc) is 3.26. The maximum atomic E-state index is 13.0. The zero-order valence-electron chi connectivity index (χ0n) is 15.3. The van der Waals surface area contributed by atoms with Crippen molar-refractivity contribution in [2.24, 2.45) is 0 Å². The third-order valence-corrected chi connectivity index (χ3v) is 5.54. The zero-order valence-corrected chi connectivity index (χ0v) is 16.1. The molecule has 0 atom stereocenters. The fourth-order valence-electron chi connectivity index (χ4n) is 3.15. The summed E-state index contributed by atoms with van der Waals surface area (Å²) in [5.41, 5.74) is 1.54. The van der Waals surface area contributed by atoms with Crippen LogP contribution in [0.4, 0.5) is 4.39 Å². The number of carbonyl (C=O) groups is 1. The maximum Gasteiger partial charge on any atom is 0.244 e. The molecule has 0 saturated carbocycles. The maximum absolute atomic E-state index is 13.0. The van der Waals surface area contributed by atoms with E-state index in [1.165, 1.54) is 36.0 Å². The lowest BCUT2D eigenvalue weighted by molar-refractivity contribution is -0.116. The topological polar surface area (TPSA) is 72.7 Å². The summed E-state index contributed by atoms with van der Waals surface area (Å²) in [4.78, 5) is 16.6. The fraction of sp³-hybridized carbons (Fsp3) is 0.300. The van der Waals surface area contributed by atoms with Gasteiger partial charge in [-0.15, -0.1) is 21.5 Å². The Hall–Kier alpha value is -2.87. The highest BCUT2D eigenvalue weighted by molar-refractivity contribution is 7.13. The molecular weight excluding hydrogens is 377 g/mol. The highest BCUT2D eigenvalue weighted by Crippen LogP contribution is 2.24. The Morgan fingerprint density at radius 2 is 2.07 bits per heavy atom. The molecule has 1 amide bonds. The molecule has 6 nitrogen and oxygen atoms in total. The first-order valence-corrected chi connectivity index (χ1v) is 10.2. The number of hydrogen-bond acceptors (Lipinski definition) is 5. The summed E-state index contributed by atoms with van der Waals surface area (Å²) >= 11 is 1.45. The van der Waals surface area contributed by atoms with E-state index in [2.05, 4.69) is 25.1 Å². The van der Waals surface area contributed by atoms with Gasteiger partial charge in [-0.3, -0.25) is 4.79 Å². The number of nitrogens with zero attached hydrogens (tertiary/aromatic N) is 4. The molecule has 2 aromatic heterocycles. The molecule has 3 aromatic rings. The first-order chi connectivity index (χ1) is 13.7. The highest BCUT2D eigenvalue weighted by atomic mass is 32.1. The molecule has 0 spiro atoms. The lowest BCUT2D eigenvalue weighted by Gasteiger charge is -2.06. The van der Waals surface area contributed by atoms with E-state index in [1.807, 2.05) is 5.38 Å². The molecule has 1 aromatic carbocycles. The van der Waals surface area contributed by atoms with Gasteiger partial charge in [0, 0.05) is 30.0 Å². The van der Waals surface area contributed by atoms with Gasteiger partial charge in [-0.1, -0.05) is 6.42 Å². The van der Waals surface area contributed by atoms with E-state index in [4.69, 9.17) is 0 Å². The number of aromatic nitrogens is 4. The standard InChI is InChI=1S/C20H20FN5OS/c21-15-7-5-14(6-8-15)20-23-16(13-28-20)9-10-19(27)22-12-18-25-24-17-4-2-1-3-11-26(17)18/h5-10,13H,1-4,11-12H2,(H,22,27)/b10-9+. The largest absolute Gasteiger partial charge is 0.345 e. The third-order valence-electron chi connectivity index (χ3n) is 4.63. The summed E-state index contributed by atoms with van der Waals surface area (Å²) < 4.78 is 15.1. The summed E-state index contributed by atoms with van der Waals surface area (Å²) in [5.74, 6) is 1.32. The summed E-state index contributed by atoms with van der Waals surface area (Å²) in [6.07, 6.45) is 7.53. The first kappa shape index (κ1) is 18.5. The normalized spacial score (nSPS) is 14.0. The molecule has 28 heavy (non-hydrogen) atoms. The molecule has 0 bridgehead atoms. The average molecular weight is 397 g/mol. The number of fused-ring (bicyclic) bond motifs is 1. The van der Waals surface area contributed by atoms with Gasteiger partial charge in [0.2, 0.25) is 5.91 Å². The zero-order chi connectivity index (χ0) is 19.3. The Labute approximate surface area is 166 Å². The number of rotatable bonds is 5. The van der Waals surface area contributed by atoms with Crippen LogP contribution in [-0.2, 0) is 24.3 Å². The molecule has 144 valence electrons. The van der Waals surface area contributed by atoms with Crippen molar-refractivity contribution in [2.45, 2.75) is 38.8 Å². The van der Waals surface area contributed by atoms with Gasteiger partial charge in [-0.05, 0) is 43.2 Å². The minimum Gasteiger partial charge on any atom is -0.345 e. The van der Waals surface area contributed by atoms with Crippen molar-refractivity contribution in [1.82, 2.24) is 25.1 Å². The van der Waals surface area contributed by atoms with E-state index in [1.54, 1.807) is 18.2 Å². The molecule has 1 aliphatic rings. The van der Waals surface area contributed by atoms with Crippen molar-refractivity contribution >= 4 is 23.3 Å². The van der Waals surface area contributed by atoms with Gasteiger partial charge >= 0.3 is 0 Å². The number of benzene rings is 1. The van der Waals surface area contributed by atoms with E-state index in [9.17, 15) is 9.18 Å². The molecule has 0 fully saturated rings. The number of thiazole rings is 1. The molecule has 0 unspecified atom stereocenters. The van der Waals surface area contributed by atoms with Crippen LogP contribution in [0.25, 0.3) is 16.6 Å². The van der Waals surface area contributed by atoms with Crippen LogP contribution in [0.1, 0.15) is 36.6 Å². The molecule has 3 heterocycles. The second kappa shape index (κ2) is 8.43. The Morgan fingerprint density at radius 3 is 2.93 bits per heavy atom. The number of aryl methyl sites for hydroxylation is 1. The molecule has 1 aliphatic heterocycles. The van der Waals surface area contributed by atoms with Crippen LogP contribution in [0.15, 0.2) is 35.7 Å². The molecule has 0 saturated heterocycles. The highest BCUT2D eigenvalue weighted by Gasteiger charge is 2.14. The quantitative estimate of drug-likeness (QED) is 0.668. The van der Waals surface area contributed by atoms with Crippen LogP contribution in [0.3, 0.4) is 0 Å². The Bertz CT molecular complexity index is 992. The number of carbonyl (C=O) groups excluding carboxylic acids is 1. The summed E-state index contributed by atoms with van der Waals surface area (Å²) in [7, 11) is 0. The van der Waals surface area contributed by atoms with Gasteiger partial charge in [-0.25, -0.2) is 9.37 Å². The Morgan fingerprint density at radius 1 is 1.21 bits per heavy atom. The van der Waals surface area contributed by atoms with E-state index in [0.29, 0.717) is 12.2 Å². The minimum absolute atomic E-state index is 0.206. The number of nitrogens with one attached hydrogen (secondary N) is 1. The van der Waals surface area contributed by atoms with Crippen molar-refractivity contribution in [3.63, 3.8) is 0 Å². The van der Waals surface area contributed by atoms with E-state index in [-0.39, 0.29) is 11.7 Å². The lowest BCUT2D eigenvalue weighted by Crippen LogP contribution is -2.23.